The van der Waals surface area contributed by atoms with Crippen LogP contribution in [0.25, 0.3) is 0 Å². The van der Waals surface area contributed by atoms with Crippen molar-refractivity contribution < 1.29 is 9.90 Å². The molecule has 1 N–H and O–H groups in total. The molecular formula is C12H18N2O2S. The van der Waals surface area contributed by atoms with Crippen LogP contribution < -0.4 is 0 Å². The van der Waals surface area contributed by atoms with Gasteiger partial charge in [0.1, 0.15) is 0 Å². The third kappa shape index (κ3) is 3.03. The number of nitrogens with zero attached hydrogens (tertiary/aromatic N) is 2. The lowest BCUT2D eigenvalue weighted by atomic mass is 9.85. The lowest BCUT2D eigenvalue weighted by molar-refractivity contribution is -0.133. The molecule has 2 rings (SSSR count). The molecule has 0 atom stereocenters. The maximum atomic E-state index is 10.6. The minimum absolute atomic E-state index is 0.0881. The standard InChI is InChI=1S/C12H18N2O2S/c1-2-10-6-13-12(17-8-11(15)16)14(10)7-9-4-3-5-9/h6,9H,2-5,7-8H2,1H3,(H,15,16). The van der Waals surface area contributed by atoms with Crippen LogP contribution in [0.1, 0.15) is 31.9 Å². The number of aliphatic carboxylic acids is 1. The highest BCUT2D eigenvalue weighted by Crippen LogP contribution is 2.30. The zero-order valence-electron chi connectivity index (χ0n) is 10.1. The Morgan fingerprint density at radius 1 is 1.65 bits per heavy atom. The lowest BCUT2D eigenvalue weighted by Gasteiger charge is -2.27. The van der Waals surface area contributed by atoms with E-state index in [9.17, 15) is 4.79 Å². The fraction of sp³-hybridized carbons (Fsp3) is 0.667. The van der Waals surface area contributed by atoms with Gasteiger partial charge in [-0.15, -0.1) is 0 Å². The average molecular weight is 254 g/mol. The average Bonchev–Trinajstić information content (AvgIpc) is 2.62. The first-order valence-corrected chi connectivity index (χ1v) is 7.08. The normalized spacial score (nSPS) is 15.8. The van der Waals surface area contributed by atoms with Crippen LogP contribution in [-0.4, -0.2) is 26.4 Å². The molecule has 1 aliphatic rings. The summed E-state index contributed by atoms with van der Waals surface area (Å²) in [6.07, 6.45) is 6.75. The number of thioether (sulfide) groups is 1. The summed E-state index contributed by atoms with van der Waals surface area (Å²) in [6.45, 7) is 3.12. The van der Waals surface area contributed by atoms with E-state index in [-0.39, 0.29) is 5.75 Å². The van der Waals surface area contributed by atoms with Gasteiger partial charge in [0.25, 0.3) is 0 Å². The van der Waals surface area contributed by atoms with Crippen molar-refractivity contribution in [2.45, 2.75) is 44.3 Å². The SMILES string of the molecule is CCc1cnc(SCC(=O)O)n1CC1CCC1. The van der Waals surface area contributed by atoms with Crippen molar-refractivity contribution in [1.29, 1.82) is 0 Å². The smallest absolute Gasteiger partial charge is 0.313 e. The molecule has 0 aromatic carbocycles. The Kier molecular flexibility index (Phi) is 4.10. The van der Waals surface area contributed by atoms with E-state index >= 15 is 0 Å². The van der Waals surface area contributed by atoms with E-state index < -0.39 is 5.97 Å². The molecule has 5 heteroatoms. The number of hydrogen-bond acceptors (Lipinski definition) is 3. The predicted octanol–water partition coefficient (Wildman–Crippen LogP) is 2.42. The van der Waals surface area contributed by atoms with Crippen molar-refractivity contribution in [2.24, 2.45) is 5.92 Å². The molecule has 1 fully saturated rings. The molecule has 1 heterocycles. The number of rotatable bonds is 6. The third-order valence-corrected chi connectivity index (χ3v) is 4.23. The van der Waals surface area contributed by atoms with E-state index in [1.54, 1.807) is 0 Å². The highest BCUT2D eigenvalue weighted by molar-refractivity contribution is 7.99. The highest BCUT2D eigenvalue weighted by Gasteiger charge is 2.21. The van der Waals surface area contributed by atoms with Crippen LogP contribution in [0, 0.1) is 5.92 Å². The van der Waals surface area contributed by atoms with Crippen molar-refractivity contribution in [2.75, 3.05) is 5.75 Å². The number of hydrogen-bond donors (Lipinski definition) is 1. The van der Waals surface area contributed by atoms with Crippen molar-refractivity contribution in [3.63, 3.8) is 0 Å². The summed E-state index contributed by atoms with van der Waals surface area (Å²) in [7, 11) is 0. The number of carboxylic acids is 1. The van der Waals surface area contributed by atoms with Gasteiger partial charge in [0, 0.05) is 18.4 Å². The first-order chi connectivity index (χ1) is 8.20. The molecule has 0 aliphatic heterocycles. The van der Waals surface area contributed by atoms with Gasteiger partial charge in [0.05, 0.1) is 5.75 Å². The van der Waals surface area contributed by atoms with Gasteiger partial charge in [0.15, 0.2) is 5.16 Å². The van der Waals surface area contributed by atoms with Crippen molar-refractivity contribution in [1.82, 2.24) is 9.55 Å². The largest absolute Gasteiger partial charge is 0.481 e. The molecule has 0 saturated heterocycles. The minimum Gasteiger partial charge on any atom is -0.481 e. The quantitative estimate of drug-likeness (QED) is 0.792. The summed E-state index contributed by atoms with van der Waals surface area (Å²) >= 11 is 1.32. The van der Waals surface area contributed by atoms with Crippen LogP contribution in [0.2, 0.25) is 0 Å². The van der Waals surface area contributed by atoms with Crippen LogP contribution in [0.3, 0.4) is 0 Å². The number of imidazole rings is 1. The molecule has 0 amide bonds. The van der Waals surface area contributed by atoms with E-state index in [0.29, 0.717) is 0 Å². The fourth-order valence-corrected chi connectivity index (χ4v) is 2.77. The Balaban J connectivity index is 2.07. The summed E-state index contributed by atoms with van der Waals surface area (Å²) in [5.74, 6) is 0.0649. The molecule has 1 saturated carbocycles. The Morgan fingerprint density at radius 3 is 2.94 bits per heavy atom. The molecule has 1 aromatic heterocycles. The van der Waals surface area contributed by atoms with E-state index in [1.807, 2.05) is 6.20 Å². The van der Waals surface area contributed by atoms with Gasteiger partial charge in [-0.25, -0.2) is 4.98 Å². The molecule has 17 heavy (non-hydrogen) atoms. The molecular weight excluding hydrogens is 236 g/mol. The molecule has 0 spiro atoms. The van der Waals surface area contributed by atoms with Gasteiger partial charge in [-0.1, -0.05) is 25.1 Å². The maximum Gasteiger partial charge on any atom is 0.313 e. The fourth-order valence-electron chi connectivity index (χ4n) is 2.04. The number of carboxylic acid groups (broad SMARTS) is 1. The predicted molar refractivity (Wildman–Crippen MR) is 67.3 cm³/mol. The van der Waals surface area contributed by atoms with Crippen LogP contribution in [-0.2, 0) is 17.8 Å². The maximum absolute atomic E-state index is 10.6. The topological polar surface area (TPSA) is 55.1 Å². The molecule has 0 unspecified atom stereocenters. The van der Waals surface area contributed by atoms with Gasteiger partial charge in [-0.05, 0) is 25.2 Å². The second kappa shape index (κ2) is 5.58. The highest BCUT2D eigenvalue weighted by atomic mass is 32.2. The monoisotopic (exact) mass is 254 g/mol. The van der Waals surface area contributed by atoms with E-state index in [0.717, 1.165) is 24.0 Å². The van der Waals surface area contributed by atoms with Crippen LogP contribution in [0.4, 0.5) is 0 Å². The van der Waals surface area contributed by atoms with E-state index in [2.05, 4.69) is 16.5 Å². The number of aromatic nitrogens is 2. The Bertz CT molecular complexity index is 399. The zero-order valence-corrected chi connectivity index (χ0v) is 10.9. The summed E-state index contributed by atoms with van der Waals surface area (Å²) in [6, 6.07) is 0. The molecule has 1 aliphatic carbocycles. The van der Waals surface area contributed by atoms with Crippen molar-refractivity contribution >= 4 is 17.7 Å². The van der Waals surface area contributed by atoms with Gasteiger partial charge >= 0.3 is 5.97 Å². The van der Waals surface area contributed by atoms with Crippen LogP contribution >= 0.6 is 11.8 Å². The molecule has 0 bridgehead atoms. The Hall–Kier alpha value is -0.970. The minimum atomic E-state index is -0.786. The summed E-state index contributed by atoms with van der Waals surface area (Å²) < 4.78 is 2.21. The Labute approximate surface area is 105 Å². The van der Waals surface area contributed by atoms with Crippen LogP contribution in [0.5, 0.6) is 0 Å². The molecule has 1 aromatic rings. The first kappa shape index (κ1) is 12.5. The summed E-state index contributed by atoms with van der Waals surface area (Å²) in [5, 5.41) is 9.57. The lowest BCUT2D eigenvalue weighted by Crippen LogP contribution is -2.20. The first-order valence-electron chi connectivity index (χ1n) is 6.09. The van der Waals surface area contributed by atoms with E-state index in [1.165, 1.54) is 36.7 Å². The van der Waals surface area contributed by atoms with Gasteiger partial charge in [0.2, 0.25) is 0 Å². The van der Waals surface area contributed by atoms with Crippen molar-refractivity contribution in [3.8, 4) is 0 Å². The van der Waals surface area contributed by atoms with Crippen molar-refractivity contribution in [3.05, 3.63) is 11.9 Å². The van der Waals surface area contributed by atoms with Gasteiger partial charge in [-0.2, -0.15) is 0 Å². The molecule has 0 radical (unpaired) electrons. The number of carbonyl (C=O) groups is 1. The summed E-state index contributed by atoms with van der Waals surface area (Å²) in [5.41, 5.74) is 1.21. The number of aryl methyl sites for hydroxylation is 1. The van der Waals surface area contributed by atoms with Gasteiger partial charge < -0.3 is 9.67 Å². The zero-order chi connectivity index (χ0) is 12.3. The second-order valence-electron chi connectivity index (χ2n) is 4.48. The van der Waals surface area contributed by atoms with Crippen LogP contribution in [0.15, 0.2) is 11.4 Å². The van der Waals surface area contributed by atoms with Gasteiger partial charge in [-0.3, -0.25) is 4.79 Å². The summed E-state index contributed by atoms with van der Waals surface area (Å²) in [4.78, 5) is 14.9. The third-order valence-electron chi connectivity index (χ3n) is 3.25. The van der Waals surface area contributed by atoms with E-state index in [4.69, 9.17) is 5.11 Å². The Morgan fingerprint density at radius 2 is 2.41 bits per heavy atom. The second-order valence-corrected chi connectivity index (χ2v) is 5.42. The molecule has 4 nitrogen and oxygen atoms in total. The molecule has 94 valence electrons.